The molecule has 1 amide bonds. The molecular formula is C13H26N2O. The summed E-state index contributed by atoms with van der Waals surface area (Å²) in [5, 5.41) is 3.02. The first-order valence-electron chi connectivity index (χ1n) is 6.63. The zero-order valence-corrected chi connectivity index (χ0v) is 11.0. The monoisotopic (exact) mass is 226 g/mol. The van der Waals surface area contributed by atoms with Crippen molar-refractivity contribution in [1.82, 2.24) is 10.2 Å². The molecule has 3 heteroatoms. The van der Waals surface area contributed by atoms with Gasteiger partial charge in [-0.1, -0.05) is 26.7 Å². The summed E-state index contributed by atoms with van der Waals surface area (Å²) in [7, 11) is 0. The fourth-order valence-corrected chi connectivity index (χ4v) is 2.10. The lowest BCUT2D eigenvalue weighted by molar-refractivity contribution is -0.126. The smallest absolute Gasteiger partial charge is 0.237 e. The Morgan fingerprint density at radius 1 is 1.12 bits per heavy atom. The summed E-state index contributed by atoms with van der Waals surface area (Å²) in [4.78, 5) is 14.2. The second-order valence-electron chi connectivity index (χ2n) is 5.27. The number of hydrogen-bond acceptors (Lipinski definition) is 2. The molecule has 1 rings (SSSR count). The second kappa shape index (κ2) is 6.89. The molecule has 1 aliphatic rings. The lowest BCUT2D eigenvalue weighted by Crippen LogP contribution is -2.46. The van der Waals surface area contributed by atoms with E-state index >= 15 is 0 Å². The number of hydrogen-bond donors (Lipinski definition) is 1. The van der Waals surface area contributed by atoms with Crippen molar-refractivity contribution < 1.29 is 4.79 Å². The van der Waals surface area contributed by atoms with Gasteiger partial charge in [-0.2, -0.15) is 0 Å². The normalized spacial score (nSPS) is 20.5. The molecule has 0 aromatic carbocycles. The van der Waals surface area contributed by atoms with Crippen molar-refractivity contribution >= 4 is 5.91 Å². The van der Waals surface area contributed by atoms with Gasteiger partial charge in [0.05, 0.1) is 6.04 Å². The molecule has 1 N–H and O–H groups in total. The number of carbonyl (C=O) groups excluding carboxylic acids is 1. The van der Waals surface area contributed by atoms with E-state index in [0.717, 1.165) is 19.6 Å². The van der Waals surface area contributed by atoms with Gasteiger partial charge in [-0.15, -0.1) is 0 Å². The lowest BCUT2D eigenvalue weighted by Gasteiger charge is -2.26. The number of likely N-dealkylation sites (tertiary alicyclic amines) is 1. The Kier molecular flexibility index (Phi) is 5.81. The van der Waals surface area contributed by atoms with E-state index < -0.39 is 0 Å². The largest absolute Gasteiger partial charge is 0.354 e. The molecule has 1 fully saturated rings. The highest BCUT2D eigenvalue weighted by Crippen LogP contribution is 2.12. The first kappa shape index (κ1) is 13.5. The third kappa shape index (κ3) is 4.52. The Bertz CT molecular complexity index is 208. The van der Waals surface area contributed by atoms with E-state index in [-0.39, 0.29) is 11.9 Å². The third-order valence-corrected chi connectivity index (χ3v) is 3.25. The molecular weight excluding hydrogens is 200 g/mol. The van der Waals surface area contributed by atoms with Crippen LogP contribution in [-0.4, -0.2) is 36.5 Å². The number of amides is 1. The molecule has 0 unspecified atom stereocenters. The second-order valence-corrected chi connectivity index (χ2v) is 5.27. The summed E-state index contributed by atoms with van der Waals surface area (Å²) in [5.41, 5.74) is 0. The van der Waals surface area contributed by atoms with Gasteiger partial charge in [-0.3, -0.25) is 9.69 Å². The van der Waals surface area contributed by atoms with Crippen LogP contribution in [0.15, 0.2) is 0 Å². The van der Waals surface area contributed by atoms with E-state index in [9.17, 15) is 4.79 Å². The minimum absolute atomic E-state index is 0.0387. The van der Waals surface area contributed by atoms with Crippen molar-refractivity contribution in [2.45, 2.75) is 52.5 Å². The van der Waals surface area contributed by atoms with Crippen molar-refractivity contribution in [3.63, 3.8) is 0 Å². The number of nitrogens with zero attached hydrogens (tertiary/aromatic N) is 1. The van der Waals surface area contributed by atoms with Gasteiger partial charge in [-0.05, 0) is 38.8 Å². The Labute approximate surface area is 99.6 Å². The maximum absolute atomic E-state index is 11.9. The van der Waals surface area contributed by atoms with Crippen LogP contribution in [0.25, 0.3) is 0 Å². The Balaban J connectivity index is 2.35. The highest BCUT2D eigenvalue weighted by Gasteiger charge is 2.21. The van der Waals surface area contributed by atoms with Crippen LogP contribution in [0, 0.1) is 5.92 Å². The van der Waals surface area contributed by atoms with Gasteiger partial charge in [0.25, 0.3) is 0 Å². The molecule has 16 heavy (non-hydrogen) atoms. The van der Waals surface area contributed by atoms with Crippen LogP contribution in [-0.2, 0) is 4.79 Å². The molecule has 0 bridgehead atoms. The van der Waals surface area contributed by atoms with E-state index in [0.29, 0.717) is 5.92 Å². The van der Waals surface area contributed by atoms with Gasteiger partial charge < -0.3 is 5.32 Å². The summed E-state index contributed by atoms with van der Waals surface area (Å²) >= 11 is 0. The van der Waals surface area contributed by atoms with Gasteiger partial charge in [0.1, 0.15) is 0 Å². The van der Waals surface area contributed by atoms with Crippen LogP contribution in [0.3, 0.4) is 0 Å². The standard InChI is InChI=1S/C13H26N2O/c1-11(2)10-14-13(16)12(3)15-8-6-4-5-7-9-15/h11-12H,4-10H2,1-3H3,(H,14,16)/t12-/m0/s1. The summed E-state index contributed by atoms with van der Waals surface area (Å²) in [6.45, 7) is 9.22. The maximum Gasteiger partial charge on any atom is 0.237 e. The average Bonchev–Trinajstić information content (AvgIpc) is 2.53. The topological polar surface area (TPSA) is 32.3 Å². The molecule has 0 aromatic rings. The third-order valence-electron chi connectivity index (χ3n) is 3.25. The summed E-state index contributed by atoms with van der Waals surface area (Å²) in [5.74, 6) is 0.718. The SMILES string of the molecule is CC(C)CNC(=O)[C@H](C)N1CCCCCC1. The Hall–Kier alpha value is -0.570. The van der Waals surface area contributed by atoms with Gasteiger partial charge in [0, 0.05) is 6.54 Å². The summed E-state index contributed by atoms with van der Waals surface area (Å²) in [6.07, 6.45) is 5.11. The van der Waals surface area contributed by atoms with Gasteiger partial charge in [0.15, 0.2) is 0 Å². The van der Waals surface area contributed by atoms with Crippen LogP contribution in [0.4, 0.5) is 0 Å². The molecule has 1 aliphatic heterocycles. The number of carbonyl (C=O) groups is 1. The lowest BCUT2D eigenvalue weighted by atomic mass is 10.2. The van der Waals surface area contributed by atoms with E-state index in [1.165, 1.54) is 25.7 Å². The predicted octanol–water partition coefficient (Wildman–Crippen LogP) is 2.02. The highest BCUT2D eigenvalue weighted by atomic mass is 16.2. The fraction of sp³-hybridized carbons (Fsp3) is 0.923. The van der Waals surface area contributed by atoms with Crippen molar-refractivity contribution in [1.29, 1.82) is 0 Å². The van der Waals surface area contributed by atoms with Crippen molar-refractivity contribution in [2.75, 3.05) is 19.6 Å². The molecule has 0 aliphatic carbocycles. The quantitative estimate of drug-likeness (QED) is 0.795. The molecule has 0 spiro atoms. The predicted molar refractivity (Wildman–Crippen MR) is 67.4 cm³/mol. The van der Waals surface area contributed by atoms with Crippen LogP contribution >= 0.6 is 0 Å². The minimum atomic E-state index is 0.0387. The van der Waals surface area contributed by atoms with E-state index in [1.54, 1.807) is 0 Å². The van der Waals surface area contributed by atoms with Crippen molar-refractivity contribution in [3.8, 4) is 0 Å². The molecule has 94 valence electrons. The molecule has 1 atom stereocenters. The molecule has 0 aromatic heterocycles. The zero-order valence-electron chi connectivity index (χ0n) is 11.0. The van der Waals surface area contributed by atoms with Crippen LogP contribution in [0.5, 0.6) is 0 Å². The van der Waals surface area contributed by atoms with E-state index in [2.05, 4.69) is 24.1 Å². The van der Waals surface area contributed by atoms with Crippen LogP contribution in [0.2, 0.25) is 0 Å². The van der Waals surface area contributed by atoms with Crippen molar-refractivity contribution in [2.24, 2.45) is 5.92 Å². The molecule has 1 heterocycles. The molecule has 0 radical (unpaired) electrons. The van der Waals surface area contributed by atoms with E-state index in [1.807, 2.05) is 6.92 Å². The first-order chi connectivity index (χ1) is 7.61. The van der Waals surface area contributed by atoms with Crippen LogP contribution in [0.1, 0.15) is 46.5 Å². The van der Waals surface area contributed by atoms with Gasteiger partial charge >= 0.3 is 0 Å². The molecule has 1 saturated heterocycles. The van der Waals surface area contributed by atoms with Crippen LogP contribution < -0.4 is 5.32 Å². The van der Waals surface area contributed by atoms with Gasteiger partial charge in [0.2, 0.25) is 5.91 Å². The molecule has 0 saturated carbocycles. The first-order valence-corrected chi connectivity index (χ1v) is 6.63. The summed E-state index contributed by atoms with van der Waals surface area (Å²) in [6, 6.07) is 0.0387. The zero-order chi connectivity index (χ0) is 12.0. The number of nitrogens with one attached hydrogen (secondary N) is 1. The maximum atomic E-state index is 11.9. The molecule has 3 nitrogen and oxygen atoms in total. The highest BCUT2D eigenvalue weighted by molar-refractivity contribution is 5.81. The fourth-order valence-electron chi connectivity index (χ4n) is 2.10. The summed E-state index contributed by atoms with van der Waals surface area (Å²) < 4.78 is 0. The average molecular weight is 226 g/mol. The van der Waals surface area contributed by atoms with Gasteiger partial charge in [-0.25, -0.2) is 0 Å². The Morgan fingerprint density at radius 2 is 1.69 bits per heavy atom. The van der Waals surface area contributed by atoms with E-state index in [4.69, 9.17) is 0 Å². The van der Waals surface area contributed by atoms with Crippen molar-refractivity contribution in [3.05, 3.63) is 0 Å². The number of rotatable bonds is 4. The minimum Gasteiger partial charge on any atom is -0.354 e. The Morgan fingerprint density at radius 3 is 2.19 bits per heavy atom.